The van der Waals surface area contributed by atoms with Crippen LogP contribution in [0.3, 0.4) is 0 Å². The monoisotopic (exact) mass is 409 g/mol. The normalized spacial score (nSPS) is 11.5. The fraction of sp³-hybridized carbons (Fsp3) is 0.0455. The summed E-state index contributed by atoms with van der Waals surface area (Å²) in [6.07, 6.45) is 1.20. The highest BCUT2D eigenvalue weighted by Crippen LogP contribution is 2.42. The van der Waals surface area contributed by atoms with E-state index in [0.29, 0.717) is 11.3 Å². The lowest BCUT2D eigenvalue weighted by molar-refractivity contribution is 0.602. The van der Waals surface area contributed by atoms with Gasteiger partial charge in [-0.25, -0.2) is 17.8 Å². The van der Waals surface area contributed by atoms with Gasteiger partial charge in [0.15, 0.2) is 9.84 Å². The van der Waals surface area contributed by atoms with Gasteiger partial charge in [0.05, 0.1) is 15.5 Å². The van der Waals surface area contributed by atoms with E-state index in [1.54, 1.807) is 36.4 Å². The summed E-state index contributed by atoms with van der Waals surface area (Å²) < 4.78 is 38.1. The highest BCUT2D eigenvalue weighted by Gasteiger charge is 2.21. The van der Waals surface area contributed by atoms with Crippen molar-refractivity contribution in [3.05, 3.63) is 84.7 Å². The van der Waals surface area contributed by atoms with Crippen molar-refractivity contribution in [1.82, 2.24) is 4.98 Å². The van der Waals surface area contributed by atoms with Crippen LogP contribution in [-0.2, 0) is 9.84 Å². The van der Waals surface area contributed by atoms with E-state index in [9.17, 15) is 12.8 Å². The minimum Gasteiger partial charge on any atom is -0.235 e. The first-order valence-corrected chi connectivity index (χ1v) is 11.3. The van der Waals surface area contributed by atoms with Crippen LogP contribution in [0.15, 0.2) is 83.8 Å². The van der Waals surface area contributed by atoms with Crippen molar-refractivity contribution in [3.8, 4) is 32.3 Å². The molecule has 0 amide bonds. The Labute approximate surface area is 167 Å². The first-order valence-electron chi connectivity index (χ1n) is 8.55. The molecule has 0 aliphatic heterocycles. The van der Waals surface area contributed by atoms with Gasteiger partial charge in [0.1, 0.15) is 10.8 Å². The fourth-order valence-electron chi connectivity index (χ4n) is 2.99. The van der Waals surface area contributed by atoms with Crippen LogP contribution in [0, 0.1) is 5.82 Å². The molecule has 28 heavy (non-hydrogen) atoms. The molecule has 1 heterocycles. The van der Waals surface area contributed by atoms with Crippen molar-refractivity contribution in [2.24, 2.45) is 0 Å². The molecule has 0 bridgehead atoms. The van der Waals surface area contributed by atoms with Crippen LogP contribution in [0.25, 0.3) is 32.3 Å². The van der Waals surface area contributed by atoms with E-state index < -0.39 is 9.84 Å². The summed E-state index contributed by atoms with van der Waals surface area (Å²) in [5.41, 5.74) is 2.92. The van der Waals surface area contributed by atoms with Crippen LogP contribution >= 0.6 is 11.3 Å². The number of sulfone groups is 1. The van der Waals surface area contributed by atoms with E-state index in [4.69, 9.17) is 4.98 Å². The third kappa shape index (κ3) is 3.61. The number of thiazole rings is 1. The summed E-state index contributed by atoms with van der Waals surface area (Å²) in [5.74, 6) is -0.333. The summed E-state index contributed by atoms with van der Waals surface area (Å²) in [7, 11) is -3.42. The molecule has 0 saturated carbocycles. The van der Waals surface area contributed by atoms with E-state index in [-0.39, 0.29) is 10.7 Å². The van der Waals surface area contributed by atoms with Crippen LogP contribution in [0.1, 0.15) is 0 Å². The van der Waals surface area contributed by atoms with Gasteiger partial charge in [-0.2, -0.15) is 0 Å². The zero-order valence-corrected chi connectivity index (χ0v) is 16.6. The molecule has 0 aliphatic carbocycles. The molecule has 0 saturated heterocycles. The Bertz CT molecular complexity index is 1230. The summed E-state index contributed by atoms with van der Waals surface area (Å²) in [4.78, 5) is 5.77. The smallest absolute Gasteiger partial charge is 0.176 e. The second-order valence-corrected chi connectivity index (χ2v) is 9.32. The number of hydrogen-bond donors (Lipinski definition) is 0. The molecular formula is C22H16FNO2S2. The van der Waals surface area contributed by atoms with Crippen LogP contribution in [0.2, 0.25) is 0 Å². The molecule has 4 rings (SSSR count). The van der Waals surface area contributed by atoms with Gasteiger partial charge in [-0.1, -0.05) is 48.5 Å². The largest absolute Gasteiger partial charge is 0.235 e. The number of benzene rings is 3. The standard InChI is InChI=1S/C22H16FNO2S2/c1-28(25,26)19-10-6-5-9-18(19)21-20(15-11-13-17(23)14-12-15)24-22(27-21)16-7-3-2-4-8-16/h2-14H,1H3. The highest BCUT2D eigenvalue weighted by molar-refractivity contribution is 7.90. The summed E-state index contributed by atoms with van der Waals surface area (Å²) >= 11 is 1.43. The number of halogens is 1. The molecule has 0 spiro atoms. The zero-order valence-electron chi connectivity index (χ0n) is 15.0. The number of nitrogens with zero attached hydrogens (tertiary/aromatic N) is 1. The zero-order chi connectivity index (χ0) is 19.7. The third-order valence-corrected chi connectivity index (χ3v) is 6.59. The number of aromatic nitrogens is 1. The molecule has 1 aromatic heterocycles. The lowest BCUT2D eigenvalue weighted by atomic mass is 10.1. The molecule has 0 unspecified atom stereocenters. The topological polar surface area (TPSA) is 47.0 Å². The summed E-state index contributed by atoms with van der Waals surface area (Å²) in [6.45, 7) is 0. The molecule has 3 nitrogen and oxygen atoms in total. The summed E-state index contributed by atoms with van der Waals surface area (Å²) in [6, 6.07) is 22.7. The summed E-state index contributed by atoms with van der Waals surface area (Å²) in [5, 5.41) is 0.776. The van der Waals surface area contributed by atoms with Crippen molar-refractivity contribution in [1.29, 1.82) is 0 Å². The van der Waals surface area contributed by atoms with Gasteiger partial charge in [-0.15, -0.1) is 11.3 Å². The Kier molecular flexibility index (Phi) is 4.83. The van der Waals surface area contributed by atoms with Crippen LogP contribution in [-0.4, -0.2) is 19.7 Å². The van der Waals surface area contributed by atoms with Crippen LogP contribution in [0.5, 0.6) is 0 Å². The van der Waals surface area contributed by atoms with E-state index >= 15 is 0 Å². The molecule has 140 valence electrons. The third-order valence-electron chi connectivity index (χ3n) is 4.30. The Balaban J connectivity index is 1.99. The highest BCUT2D eigenvalue weighted by atomic mass is 32.2. The van der Waals surface area contributed by atoms with Gasteiger partial charge in [0, 0.05) is 22.9 Å². The minimum atomic E-state index is -3.42. The molecule has 0 fully saturated rings. The average molecular weight is 410 g/mol. The second-order valence-electron chi connectivity index (χ2n) is 6.34. The predicted molar refractivity (Wildman–Crippen MR) is 111 cm³/mol. The van der Waals surface area contributed by atoms with Crippen molar-refractivity contribution in [2.45, 2.75) is 4.90 Å². The van der Waals surface area contributed by atoms with E-state index in [1.807, 2.05) is 30.3 Å². The van der Waals surface area contributed by atoms with Crippen molar-refractivity contribution in [3.63, 3.8) is 0 Å². The molecule has 0 atom stereocenters. The Morgan fingerprint density at radius 1 is 0.821 bits per heavy atom. The van der Waals surface area contributed by atoms with Crippen LogP contribution in [0.4, 0.5) is 4.39 Å². The molecule has 0 radical (unpaired) electrons. The fourth-order valence-corrected chi connectivity index (χ4v) is 5.08. The Morgan fingerprint density at radius 3 is 2.14 bits per heavy atom. The minimum absolute atomic E-state index is 0.252. The molecule has 0 N–H and O–H groups in total. The maximum atomic E-state index is 13.4. The van der Waals surface area contributed by atoms with Gasteiger partial charge >= 0.3 is 0 Å². The number of hydrogen-bond acceptors (Lipinski definition) is 4. The molecule has 4 aromatic rings. The first-order chi connectivity index (χ1) is 13.4. The van der Waals surface area contributed by atoms with Crippen molar-refractivity contribution >= 4 is 21.2 Å². The maximum absolute atomic E-state index is 13.4. The van der Waals surface area contributed by atoms with Crippen LogP contribution < -0.4 is 0 Å². The Morgan fingerprint density at radius 2 is 1.46 bits per heavy atom. The maximum Gasteiger partial charge on any atom is 0.176 e. The van der Waals surface area contributed by atoms with Crippen molar-refractivity contribution < 1.29 is 12.8 Å². The molecular weight excluding hydrogens is 393 g/mol. The lowest BCUT2D eigenvalue weighted by Crippen LogP contribution is -1.99. The SMILES string of the molecule is CS(=O)(=O)c1ccccc1-c1sc(-c2ccccc2)nc1-c1ccc(F)cc1. The van der Waals surface area contributed by atoms with Gasteiger partial charge in [-0.05, 0) is 30.3 Å². The predicted octanol–water partition coefficient (Wildman–Crippen LogP) is 5.69. The van der Waals surface area contributed by atoms with E-state index in [1.165, 1.54) is 29.7 Å². The molecule has 0 aliphatic rings. The first kappa shape index (κ1) is 18.5. The molecule has 3 aromatic carbocycles. The van der Waals surface area contributed by atoms with Crippen molar-refractivity contribution in [2.75, 3.05) is 6.26 Å². The number of rotatable bonds is 4. The van der Waals surface area contributed by atoms with Gasteiger partial charge in [-0.3, -0.25) is 0 Å². The van der Waals surface area contributed by atoms with Gasteiger partial charge in [0.2, 0.25) is 0 Å². The van der Waals surface area contributed by atoms with E-state index in [2.05, 4.69) is 0 Å². The second kappa shape index (κ2) is 7.30. The van der Waals surface area contributed by atoms with Gasteiger partial charge < -0.3 is 0 Å². The Hall–Kier alpha value is -2.83. The quantitative estimate of drug-likeness (QED) is 0.435. The average Bonchev–Trinajstić information content (AvgIpc) is 3.14. The van der Waals surface area contributed by atoms with E-state index in [0.717, 1.165) is 21.0 Å². The lowest BCUT2D eigenvalue weighted by Gasteiger charge is -2.08. The van der Waals surface area contributed by atoms with Gasteiger partial charge in [0.25, 0.3) is 0 Å². The molecule has 6 heteroatoms.